The van der Waals surface area contributed by atoms with Gasteiger partial charge < -0.3 is 35.1 Å². The van der Waals surface area contributed by atoms with E-state index in [0.29, 0.717) is 28.5 Å². The molecule has 0 aliphatic carbocycles. The van der Waals surface area contributed by atoms with E-state index in [2.05, 4.69) is 10.6 Å². The molecule has 0 saturated carbocycles. The first-order valence-electron chi connectivity index (χ1n) is 17.0. The van der Waals surface area contributed by atoms with Crippen LogP contribution in [0.4, 0.5) is 11.4 Å². The van der Waals surface area contributed by atoms with Crippen molar-refractivity contribution in [1.29, 1.82) is 0 Å². The van der Waals surface area contributed by atoms with Gasteiger partial charge in [0.2, 0.25) is 11.8 Å². The molecule has 3 aliphatic heterocycles. The van der Waals surface area contributed by atoms with E-state index >= 15 is 0 Å². The van der Waals surface area contributed by atoms with Crippen molar-refractivity contribution < 1.29 is 29.0 Å². The van der Waals surface area contributed by atoms with Gasteiger partial charge in [-0.15, -0.1) is 0 Å². The van der Waals surface area contributed by atoms with Crippen LogP contribution in [0, 0.1) is 5.92 Å². The number of fused-ring (bicyclic) bond motifs is 2. The van der Waals surface area contributed by atoms with Gasteiger partial charge >= 0.3 is 0 Å². The van der Waals surface area contributed by atoms with Gasteiger partial charge in [0.15, 0.2) is 13.9 Å². The molecule has 49 heavy (non-hydrogen) atoms. The van der Waals surface area contributed by atoms with Crippen molar-refractivity contribution >= 4 is 49.0 Å². The van der Waals surface area contributed by atoms with Gasteiger partial charge in [-0.3, -0.25) is 14.4 Å². The van der Waals surface area contributed by atoms with Gasteiger partial charge in [-0.1, -0.05) is 61.0 Å². The van der Waals surface area contributed by atoms with Crippen molar-refractivity contribution in [1.82, 2.24) is 10.2 Å². The molecule has 2 fully saturated rings. The molecule has 2 saturated heterocycles. The number of ether oxygens (including phenoxy) is 1. The van der Waals surface area contributed by atoms with Crippen molar-refractivity contribution in [2.75, 3.05) is 29.9 Å². The van der Waals surface area contributed by atoms with E-state index in [4.69, 9.17) is 16.3 Å². The maximum atomic E-state index is 14.8. The van der Waals surface area contributed by atoms with E-state index in [1.165, 1.54) is 0 Å². The maximum absolute atomic E-state index is 14.8. The number of anilines is 2. The standard InChI is InChI=1S/C37H45ClN4O6Si/c1-24-34(49(2,3)47)32(21-33(44)41(18-19-43)22-25-8-5-4-6-9-25)48-37(24)29-20-27(38)13-16-31(29)42(36(37)46)23-26-11-14-28(15-12-26)40-35(45)30-10-7-17-39-30/h4-6,8-9,11-16,20,24,30,32,34,39,43,47H,7,10,17-19,21-23H2,1-3H3,(H,40,45)/t24-,30-,32+,34-,37+/m1/s1. The SMILES string of the molecule is C[C@@H]1[C@@H]([Si](C)(C)O)[C@H](CC(=O)N(CCO)Cc2ccccc2)O[C@@]12C(=O)N(Cc1ccc(NC(=O)[C@H]3CCCN3)cc1)c1ccc(Cl)cc12. The van der Waals surface area contributed by atoms with Crippen LogP contribution in [0.15, 0.2) is 72.8 Å². The summed E-state index contributed by atoms with van der Waals surface area (Å²) in [6.07, 6.45) is 1.00. The van der Waals surface area contributed by atoms with Gasteiger partial charge in [-0.05, 0) is 73.9 Å². The molecule has 3 heterocycles. The summed E-state index contributed by atoms with van der Waals surface area (Å²) < 4.78 is 6.85. The Hall–Kier alpha value is -3.58. The highest BCUT2D eigenvalue weighted by atomic mass is 35.5. The summed E-state index contributed by atoms with van der Waals surface area (Å²) in [4.78, 5) is 56.1. The van der Waals surface area contributed by atoms with Gasteiger partial charge in [-0.2, -0.15) is 0 Å². The zero-order chi connectivity index (χ0) is 34.9. The molecule has 0 unspecified atom stereocenters. The Labute approximate surface area is 293 Å². The predicted molar refractivity (Wildman–Crippen MR) is 191 cm³/mol. The van der Waals surface area contributed by atoms with E-state index in [1.807, 2.05) is 80.7 Å². The first-order valence-corrected chi connectivity index (χ1v) is 20.4. The van der Waals surface area contributed by atoms with Gasteiger partial charge in [0.1, 0.15) is 0 Å². The van der Waals surface area contributed by atoms with Crippen LogP contribution in [0.3, 0.4) is 0 Å². The van der Waals surface area contributed by atoms with Crippen molar-refractivity contribution in [3.05, 3.63) is 94.5 Å². The number of carbonyl (C=O) groups is 3. The third-order valence-corrected chi connectivity index (χ3v) is 12.9. The lowest BCUT2D eigenvalue weighted by molar-refractivity contribution is -0.150. The van der Waals surface area contributed by atoms with E-state index in [9.17, 15) is 24.3 Å². The van der Waals surface area contributed by atoms with Crippen LogP contribution in [-0.2, 0) is 37.8 Å². The third-order valence-electron chi connectivity index (χ3n) is 10.2. The molecule has 3 aromatic rings. The Morgan fingerprint density at radius 3 is 2.49 bits per heavy atom. The highest BCUT2D eigenvalue weighted by Gasteiger charge is 2.66. The average molecular weight is 705 g/mol. The fourth-order valence-corrected chi connectivity index (χ4v) is 10.7. The number of aliphatic hydroxyl groups is 1. The number of nitrogens with zero attached hydrogens (tertiary/aromatic N) is 2. The molecule has 5 atom stereocenters. The minimum absolute atomic E-state index is 0.0483. The van der Waals surface area contributed by atoms with Crippen molar-refractivity contribution in [3.8, 4) is 0 Å². The molecule has 0 bridgehead atoms. The van der Waals surface area contributed by atoms with Gasteiger partial charge in [0.05, 0.1) is 37.4 Å². The van der Waals surface area contributed by atoms with Crippen LogP contribution >= 0.6 is 11.6 Å². The second kappa shape index (κ2) is 14.3. The average Bonchev–Trinajstić information content (AvgIpc) is 3.76. The first-order chi connectivity index (χ1) is 23.4. The summed E-state index contributed by atoms with van der Waals surface area (Å²) in [7, 11) is -3.02. The minimum Gasteiger partial charge on any atom is -0.432 e. The zero-order valence-electron chi connectivity index (χ0n) is 28.2. The molecule has 10 nitrogen and oxygen atoms in total. The molecular weight excluding hydrogens is 660 g/mol. The Balaban J connectivity index is 1.27. The van der Waals surface area contributed by atoms with Crippen molar-refractivity contribution in [3.63, 3.8) is 0 Å². The molecule has 3 aromatic carbocycles. The van der Waals surface area contributed by atoms with Crippen molar-refractivity contribution in [2.24, 2.45) is 5.92 Å². The summed E-state index contributed by atoms with van der Waals surface area (Å²) in [6, 6.07) is 22.2. The minimum atomic E-state index is -3.02. The lowest BCUT2D eigenvalue weighted by Crippen LogP contribution is -2.46. The molecular formula is C37H45ClN4O6Si. The second-order valence-electron chi connectivity index (χ2n) is 14.0. The van der Waals surface area contributed by atoms with Gasteiger partial charge in [0.25, 0.3) is 5.91 Å². The number of nitrogens with one attached hydrogen (secondary N) is 2. The van der Waals surface area contributed by atoms with Crippen LogP contribution in [0.1, 0.15) is 42.9 Å². The van der Waals surface area contributed by atoms with Crippen LogP contribution < -0.4 is 15.5 Å². The summed E-state index contributed by atoms with van der Waals surface area (Å²) in [5.74, 6) is -1.01. The van der Waals surface area contributed by atoms with Gasteiger partial charge in [0, 0.05) is 40.8 Å². The normalized spacial score (nSPS) is 24.8. The lowest BCUT2D eigenvalue weighted by atomic mass is 9.82. The number of hydrogen-bond acceptors (Lipinski definition) is 7. The lowest BCUT2D eigenvalue weighted by Gasteiger charge is -2.32. The number of carbonyl (C=O) groups excluding carboxylic acids is 3. The zero-order valence-corrected chi connectivity index (χ0v) is 30.0. The molecule has 1 spiro atoms. The van der Waals surface area contributed by atoms with E-state index in [0.717, 1.165) is 30.5 Å². The van der Waals surface area contributed by atoms with Crippen LogP contribution in [0.2, 0.25) is 23.7 Å². The fraction of sp³-hybridized carbons (Fsp3) is 0.432. The summed E-state index contributed by atoms with van der Waals surface area (Å²) in [6.45, 7) is 6.94. The number of amides is 3. The molecule has 6 rings (SSSR count). The Kier molecular flexibility index (Phi) is 10.3. The highest BCUT2D eigenvalue weighted by molar-refractivity contribution is 6.71. The molecule has 12 heteroatoms. The topological polar surface area (TPSA) is 131 Å². The summed E-state index contributed by atoms with van der Waals surface area (Å²) in [5.41, 5.74) is 1.86. The molecule has 4 N–H and O–H groups in total. The number of halogens is 1. The van der Waals surface area contributed by atoms with E-state index in [1.54, 1.807) is 21.9 Å². The number of benzene rings is 3. The van der Waals surface area contributed by atoms with Crippen molar-refractivity contribution in [2.45, 2.75) is 75.7 Å². The molecule has 260 valence electrons. The fourth-order valence-electron chi connectivity index (χ4n) is 7.94. The van der Waals surface area contributed by atoms with Gasteiger partial charge in [-0.25, -0.2) is 0 Å². The number of hydrogen-bond donors (Lipinski definition) is 4. The largest absolute Gasteiger partial charge is 0.432 e. The quantitative estimate of drug-likeness (QED) is 0.211. The Morgan fingerprint density at radius 1 is 1.10 bits per heavy atom. The van der Waals surface area contributed by atoms with Crippen LogP contribution in [0.5, 0.6) is 0 Å². The highest BCUT2D eigenvalue weighted by Crippen LogP contribution is 2.60. The monoisotopic (exact) mass is 704 g/mol. The number of aliphatic hydroxyl groups excluding tert-OH is 1. The first kappa shape index (κ1) is 35.3. The van der Waals surface area contributed by atoms with Crippen LogP contribution in [0.25, 0.3) is 0 Å². The van der Waals surface area contributed by atoms with Crippen LogP contribution in [-0.4, -0.2) is 72.7 Å². The smallest absolute Gasteiger partial charge is 0.264 e. The summed E-state index contributed by atoms with van der Waals surface area (Å²) >= 11 is 6.55. The Morgan fingerprint density at radius 2 is 1.84 bits per heavy atom. The predicted octanol–water partition coefficient (Wildman–Crippen LogP) is 4.79. The summed E-state index contributed by atoms with van der Waals surface area (Å²) in [5, 5.41) is 16.4. The second-order valence-corrected chi connectivity index (χ2v) is 18.4. The third kappa shape index (κ3) is 7.06. The van der Waals surface area contributed by atoms with E-state index < -0.39 is 31.5 Å². The number of rotatable bonds is 11. The molecule has 3 amide bonds. The molecule has 0 aromatic heterocycles. The maximum Gasteiger partial charge on any atom is 0.264 e. The molecule has 3 aliphatic rings. The molecule has 0 radical (unpaired) electrons. The van der Waals surface area contributed by atoms with E-state index in [-0.39, 0.29) is 49.9 Å². The Bertz CT molecular complexity index is 1680.